The Morgan fingerprint density at radius 1 is 1.06 bits per heavy atom. The predicted molar refractivity (Wildman–Crippen MR) is 132 cm³/mol. The normalized spacial score (nSPS) is 11.5. The summed E-state index contributed by atoms with van der Waals surface area (Å²) in [7, 11) is 3.18. The van der Waals surface area contributed by atoms with E-state index in [9.17, 15) is 9.59 Å². The van der Waals surface area contributed by atoms with E-state index in [0.29, 0.717) is 28.8 Å². The number of thioether (sulfide) groups is 1. The number of nitrogens with zero attached hydrogens (tertiary/aromatic N) is 3. The molecule has 1 heterocycles. The zero-order valence-electron chi connectivity index (χ0n) is 19.5. The van der Waals surface area contributed by atoms with E-state index in [0.717, 1.165) is 11.3 Å². The highest BCUT2D eigenvalue weighted by atomic mass is 32.2. The van der Waals surface area contributed by atoms with Crippen molar-refractivity contribution in [3.8, 4) is 11.5 Å². The fraction of sp³-hybridized carbons (Fsp3) is 0.280. The van der Waals surface area contributed by atoms with Gasteiger partial charge in [0.2, 0.25) is 5.91 Å². The molecule has 0 saturated heterocycles. The highest BCUT2D eigenvalue weighted by molar-refractivity contribution is 7.99. The molecule has 0 fully saturated rings. The number of hydrogen-bond donors (Lipinski definition) is 1. The van der Waals surface area contributed by atoms with Crippen molar-refractivity contribution in [2.24, 2.45) is 0 Å². The summed E-state index contributed by atoms with van der Waals surface area (Å²) in [6.07, 6.45) is 1.97. The molecular formula is C25H28N4O4S. The van der Waals surface area contributed by atoms with Crippen molar-refractivity contribution < 1.29 is 19.1 Å². The van der Waals surface area contributed by atoms with Gasteiger partial charge in [-0.2, -0.15) is 0 Å². The minimum absolute atomic E-state index is 0.0248. The molecule has 0 aliphatic rings. The van der Waals surface area contributed by atoms with E-state index in [1.807, 2.05) is 35.8 Å². The van der Waals surface area contributed by atoms with Gasteiger partial charge in [0.05, 0.1) is 32.4 Å². The standard InChI is InChI=1S/C25H28N4O4S/c1-5-14-29-24(17(2)26-23(31)15-18-6-10-20(32-3)11-7-18)27-28-25(29)34-16-22(30)19-8-12-21(33-4)13-9-19/h5-13,17H,1,14-16H2,2-4H3,(H,26,31)/t17-/m1/s1. The molecule has 0 radical (unpaired) electrons. The summed E-state index contributed by atoms with van der Waals surface area (Å²) in [5.41, 5.74) is 1.48. The Bertz CT molecular complexity index is 1130. The van der Waals surface area contributed by atoms with Crippen LogP contribution in [0.2, 0.25) is 0 Å². The molecule has 2 aromatic carbocycles. The number of carbonyl (C=O) groups excluding carboxylic acids is 2. The first-order chi connectivity index (χ1) is 16.4. The quantitative estimate of drug-likeness (QED) is 0.239. The Kier molecular flexibility index (Phi) is 8.86. The molecule has 9 heteroatoms. The highest BCUT2D eigenvalue weighted by Gasteiger charge is 2.20. The molecule has 178 valence electrons. The van der Waals surface area contributed by atoms with Gasteiger partial charge in [0.25, 0.3) is 0 Å². The van der Waals surface area contributed by atoms with Crippen LogP contribution >= 0.6 is 11.8 Å². The maximum Gasteiger partial charge on any atom is 0.224 e. The molecule has 1 N–H and O–H groups in total. The Hall–Kier alpha value is -3.59. The van der Waals surface area contributed by atoms with Gasteiger partial charge in [0.15, 0.2) is 16.8 Å². The topological polar surface area (TPSA) is 95.3 Å². The molecule has 1 amide bonds. The number of hydrogen-bond acceptors (Lipinski definition) is 7. The van der Waals surface area contributed by atoms with Crippen LogP contribution < -0.4 is 14.8 Å². The third-order valence-corrected chi connectivity index (χ3v) is 6.06. The van der Waals surface area contributed by atoms with Crippen LogP contribution in [0.15, 0.2) is 66.3 Å². The number of nitrogens with one attached hydrogen (secondary N) is 1. The van der Waals surface area contributed by atoms with Gasteiger partial charge in [0.1, 0.15) is 11.5 Å². The lowest BCUT2D eigenvalue weighted by Gasteiger charge is -2.15. The molecule has 0 unspecified atom stereocenters. The fourth-order valence-electron chi connectivity index (χ4n) is 3.30. The number of amides is 1. The third kappa shape index (κ3) is 6.48. The molecular weight excluding hydrogens is 452 g/mol. The van der Waals surface area contributed by atoms with Crippen molar-refractivity contribution in [2.75, 3.05) is 20.0 Å². The van der Waals surface area contributed by atoms with Crippen LogP contribution in [0.4, 0.5) is 0 Å². The van der Waals surface area contributed by atoms with Crippen LogP contribution in [0.25, 0.3) is 0 Å². The van der Waals surface area contributed by atoms with Crippen molar-refractivity contribution in [1.82, 2.24) is 20.1 Å². The number of methoxy groups -OCH3 is 2. The molecule has 1 atom stereocenters. The van der Waals surface area contributed by atoms with E-state index in [1.165, 1.54) is 11.8 Å². The molecule has 3 aromatic rings. The van der Waals surface area contributed by atoms with Crippen LogP contribution in [0.5, 0.6) is 11.5 Å². The van der Waals surface area contributed by atoms with E-state index >= 15 is 0 Å². The average molecular weight is 481 g/mol. The number of allylic oxidation sites excluding steroid dienone is 1. The summed E-state index contributed by atoms with van der Waals surface area (Å²) in [6, 6.07) is 14.0. The second-order valence-electron chi connectivity index (χ2n) is 7.49. The van der Waals surface area contributed by atoms with Crippen LogP contribution in [-0.4, -0.2) is 46.4 Å². The number of Topliss-reactive ketones (excluding diaryl/α,β-unsaturated/α-hetero) is 1. The number of ether oxygens (including phenoxy) is 2. The zero-order valence-corrected chi connectivity index (χ0v) is 20.3. The van der Waals surface area contributed by atoms with Gasteiger partial charge in [-0.15, -0.1) is 16.8 Å². The maximum absolute atomic E-state index is 12.6. The summed E-state index contributed by atoms with van der Waals surface area (Å²) in [5.74, 6) is 2.09. The van der Waals surface area contributed by atoms with Crippen LogP contribution in [0.3, 0.4) is 0 Å². The van der Waals surface area contributed by atoms with E-state index in [1.54, 1.807) is 44.6 Å². The zero-order chi connectivity index (χ0) is 24.5. The molecule has 0 spiro atoms. The summed E-state index contributed by atoms with van der Waals surface area (Å²) in [6.45, 7) is 6.12. The fourth-order valence-corrected chi connectivity index (χ4v) is 4.15. The molecule has 34 heavy (non-hydrogen) atoms. The smallest absolute Gasteiger partial charge is 0.224 e. The van der Waals surface area contributed by atoms with Crippen molar-refractivity contribution in [2.45, 2.75) is 31.1 Å². The van der Waals surface area contributed by atoms with Gasteiger partial charge in [-0.3, -0.25) is 9.59 Å². The van der Waals surface area contributed by atoms with Gasteiger partial charge in [-0.25, -0.2) is 0 Å². The van der Waals surface area contributed by atoms with Gasteiger partial charge < -0.3 is 19.4 Å². The monoisotopic (exact) mass is 480 g/mol. The minimum Gasteiger partial charge on any atom is -0.497 e. The van der Waals surface area contributed by atoms with Crippen LogP contribution in [0.1, 0.15) is 34.7 Å². The third-order valence-electron chi connectivity index (χ3n) is 5.09. The van der Waals surface area contributed by atoms with E-state index in [-0.39, 0.29) is 29.9 Å². The van der Waals surface area contributed by atoms with Gasteiger partial charge in [-0.05, 0) is 48.9 Å². The van der Waals surface area contributed by atoms with E-state index < -0.39 is 0 Å². The van der Waals surface area contributed by atoms with Crippen molar-refractivity contribution in [3.05, 3.63) is 78.1 Å². The van der Waals surface area contributed by atoms with Gasteiger partial charge in [0, 0.05) is 12.1 Å². The lowest BCUT2D eigenvalue weighted by molar-refractivity contribution is -0.121. The Balaban J connectivity index is 1.63. The Labute approximate surface area is 203 Å². The summed E-state index contributed by atoms with van der Waals surface area (Å²) >= 11 is 1.30. The number of ketones is 1. The predicted octanol–water partition coefficient (Wildman–Crippen LogP) is 3.88. The highest BCUT2D eigenvalue weighted by Crippen LogP contribution is 2.22. The molecule has 0 bridgehead atoms. The lowest BCUT2D eigenvalue weighted by Crippen LogP contribution is -2.30. The number of aromatic nitrogens is 3. The molecule has 0 saturated carbocycles. The van der Waals surface area contributed by atoms with E-state index in [2.05, 4.69) is 22.1 Å². The molecule has 0 aliphatic carbocycles. The van der Waals surface area contributed by atoms with Crippen molar-refractivity contribution in [1.29, 1.82) is 0 Å². The van der Waals surface area contributed by atoms with E-state index in [4.69, 9.17) is 9.47 Å². The largest absolute Gasteiger partial charge is 0.497 e. The lowest BCUT2D eigenvalue weighted by atomic mass is 10.1. The van der Waals surface area contributed by atoms with Crippen molar-refractivity contribution >= 4 is 23.5 Å². The van der Waals surface area contributed by atoms with Crippen LogP contribution in [0, 0.1) is 0 Å². The molecule has 8 nitrogen and oxygen atoms in total. The SMILES string of the molecule is C=CCn1c(SCC(=O)c2ccc(OC)cc2)nnc1[C@@H](C)NC(=O)Cc1ccc(OC)cc1. The first-order valence-corrected chi connectivity index (χ1v) is 11.7. The summed E-state index contributed by atoms with van der Waals surface area (Å²) < 4.78 is 12.1. The molecule has 0 aliphatic heterocycles. The first-order valence-electron chi connectivity index (χ1n) is 10.7. The molecule has 3 rings (SSSR count). The second-order valence-corrected chi connectivity index (χ2v) is 8.44. The van der Waals surface area contributed by atoms with Gasteiger partial charge >= 0.3 is 0 Å². The summed E-state index contributed by atoms with van der Waals surface area (Å²) in [4.78, 5) is 25.1. The molecule has 1 aromatic heterocycles. The van der Waals surface area contributed by atoms with Gasteiger partial charge in [-0.1, -0.05) is 30.0 Å². The number of carbonyl (C=O) groups is 2. The first kappa shape index (κ1) is 25.0. The average Bonchev–Trinajstić information content (AvgIpc) is 3.25. The number of benzene rings is 2. The Morgan fingerprint density at radius 3 is 2.26 bits per heavy atom. The van der Waals surface area contributed by atoms with Crippen molar-refractivity contribution in [3.63, 3.8) is 0 Å². The van der Waals surface area contributed by atoms with Crippen LogP contribution in [-0.2, 0) is 17.8 Å². The summed E-state index contributed by atoms with van der Waals surface area (Å²) in [5, 5.41) is 12.1. The minimum atomic E-state index is -0.371. The second kappa shape index (κ2) is 12.0. The number of rotatable bonds is 12. The Morgan fingerprint density at radius 2 is 1.68 bits per heavy atom. The maximum atomic E-state index is 12.6.